The molecule has 1 aromatic rings. The molecule has 96 valence electrons. The van der Waals surface area contributed by atoms with E-state index in [1.807, 2.05) is 16.9 Å². The summed E-state index contributed by atoms with van der Waals surface area (Å²) in [5.41, 5.74) is 5.75. The quantitative estimate of drug-likeness (QED) is 0.426. The molecular weight excluding hydrogens is 214 g/mol. The Morgan fingerprint density at radius 2 is 2.41 bits per heavy atom. The summed E-state index contributed by atoms with van der Waals surface area (Å²) in [7, 11) is 0. The lowest BCUT2D eigenvalue weighted by Crippen LogP contribution is -2.33. The summed E-state index contributed by atoms with van der Waals surface area (Å²) in [6, 6.07) is 1.93. The maximum absolute atomic E-state index is 5.75. The molecule has 1 heterocycles. The normalized spacial score (nSPS) is 13.6. The van der Waals surface area contributed by atoms with Gasteiger partial charge in [-0.15, -0.1) is 0 Å². The van der Waals surface area contributed by atoms with Crippen molar-refractivity contribution in [2.75, 3.05) is 13.1 Å². The van der Waals surface area contributed by atoms with Crippen LogP contribution in [-0.4, -0.2) is 28.8 Å². The summed E-state index contributed by atoms with van der Waals surface area (Å²) >= 11 is 0. The molecule has 0 fully saturated rings. The van der Waals surface area contributed by atoms with E-state index in [2.05, 4.69) is 29.3 Å². The summed E-state index contributed by atoms with van der Waals surface area (Å²) in [4.78, 5) is 4.32. The Hall–Kier alpha value is -1.52. The topological polar surface area (TPSA) is 68.2 Å². The van der Waals surface area contributed by atoms with Gasteiger partial charge in [0.25, 0.3) is 0 Å². The fourth-order valence-corrected chi connectivity index (χ4v) is 1.49. The molecule has 1 atom stereocenters. The summed E-state index contributed by atoms with van der Waals surface area (Å²) < 4.78 is 1.92. The lowest BCUT2D eigenvalue weighted by Gasteiger charge is -2.10. The lowest BCUT2D eigenvalue weighted by atomic mass is 10.2. The van der Waals surface area contributed by atoms with Crippen LogP contribution in [0, 0.1) is 5.92 Å². The Bertz CT molecular complexity index is 318. The minimum absolute atomic E-state index is 0.432. The average Bonchev–Trinajstić information content (AvgIpc) is 2.79. The predicted octanol–water partition coefficient (Wildman–Crippen LogP) is 1.22. The maximum atomic E-state index is 5.75. The van der Waals surface area contributed by atoms with Crippen molar-refractivity contribution in [3.05, 3.63) is 18.5 Å². The molecule has 3 N–H and O–H groups in total. The number of hydrogen-bond acceptors (Lipinski definition) is 2. The van der Waals surface area contributed by atoms with Crippen molar-refractivity contribution in [1.29, 1.82) is 0 Å². The van der Waals surface area contributed by atoms with E-state index in [4.69, 9.17) is 5.73 Å². The Kier molecular flexibility index (Phi) is 6.14. The van der Waals surface area contributed by atoms with E-state index in [0.29, 0.717) is 11.9 Å². The van der Waals surface area contributed by atoms with Gasteiger partial charge in [-0.05, 0) is 18.4 Å². The Morgan fingerprint density at radius 3 is 3.06 bits per heavy atom. The third kappa shape index (κ3) is 5.94. The van der Waals surface area contributed by atoms with Crippen molar-refractivity contribution in [3.8, 4) is 0 Å². The number of nitrogens with zero attached hydrogens (tertiary/aromatic N) is 3. The van der Waals surface area contributed by atoms with Crippen molar-refractivity contribution in [2.24, 2.45) is 16.6 Å². The van der Waals surface area contributed by atoms with Gasteiger partial charge in [0.2, 0.25) is 0 Å². The van der Waals surface area contributed by atoms with Crippen LogP contribution in [-0.2, 0) is 6.54 Å². The Labute approximate surface area is 103 Å². The molecule has 0 aromatic carbocycles. The molecule has 17 heavy (non-hydrogen) atoms. The molecule has 0 spiro atoms. The van der Waals surface area contributed by atoms with E-state index in [-0.39, 0.29) is 0 Å². The highest BCUT2D eigenvalue weighted by Gasteiger charge is 2.02. The molecule has 0 saturated carbocycles. The molecule has 0 aliphatic rings. The fourth-order valence-electron chi connectivity index (χ4n) is 1.49. The molecule has 1 unspecified atom stereocenters. The molecule has 0 bridgehead atoms. The van der Waals surface area contributed by atoms with Gasteiger partial charge in [-0.2, -0.15) is 5.10 Å². The molecule has 0 aliphatic heterocycles. The number of nitrogens with one attached hydrogen (secondary N) is 1. The first-order valence-corrected chi connectivity index (χ1v) is 6.23. The van der Waals surface area contributed by atoms with Gasteiger partial charge in [0.1, 0.15) is 0 Å². The zero-order chi connectivity index (χ0) is 12.5. The monoisotopic (exact) mass is 237 g/mol. The van der Waals surface area contributed by atoms with Crippen LogP contribution in [0.1, 0.15) is 26.7 Å². The summed E-state index contributed by atoms with van der Waals surface area (Å²) in [6.07, 6.45) is 6.04. The largest absolute Gasteiger partial charge is 0.370 e. The number of guanidine groups is 1. The zero-order valence-electron chi connectivity index (χ0n) is 10.8. The van der Waals surface area contributed by atoms with Gasteiger partial charge in [-0.3, -0.25) is 9.67 Å². The second-order valence-corrected chi connectivity index (χ2v) is 4.34. The molecule has 0 radical (unpaired) electrons. The number of unbranched alkanes of at least 4 members (excludes halogenated alkanes) is 1. The number of nitrogens with two attached hydrogens (primary N) is 1. The second-order valence-electron chi connectivity index (χ2n) is 4.34. The van der Waals surface area contributed by atoms with Crippen molar-refractivity contribution < 1.29 is 0 Å². The van der Waals surface area contributed by atoms with Crippen LogP contribution in [0.5, 0.6) is 0 Å². The number of rotatable bonds is 7. The van der Waals surface area contributed by atoms with Crippen molar-refractivity contribution in [3.63, 3.8) is 0 Å². The molecule has 5 nitrogen and oxygen atoms in total. The van der Waals surface area contributed by atoms with E-state index in [9.17, 15) is 0 Å². The molecule has 1 aromatic heterocycles. The van der Waals surface area contributed by atoms with Crippen LogP contribution < -0.4 is 11.1 Å². The van der Waals surface area contributed by atoms with Gasteiger partial charge in [0.15, 0.2) is 5.96 Å². The highest BCUT2D eigenvalue weighted by molar-refractivity contribution is 5.77. The maximum Gasteiger partial charge on any atom is 0.188 e. The second kappa shape index (κ2) is 7.70. The average molecular weight is 237 g/mol. The summed E-state index contributed by atoms with van der Waals surface area (Å²) in [5, 5.41) is 7.27. The fraction of sp³-hybridized carbons (Fsp3) is 0.667. The first kappa shape index (κ1) is 13.5. The van der Waals surface area contributed by atoms with Gasteiger partial charge in [0, 0.05) is 32.0 Å². The van der Waals surface area contributed by atoms with Gasteiger partial charge in [0.05, 0.1) is 0 Å². The predicted molar refractivity (Wildman–Crippen MR) is 70.8 cm³/mol. The first-order valence-electron chi connectivity index (χ1n) is 6.23. The highest BCUT2D eigenvalue weighted by Crippen LogP contribution is 1.99. The van der Waals surface area contributed by atoms with Gasteiger partial charge >= 0.3 is 0 Å². The van der Waals surface area contributed by atoms with E-state index in [1.165, 1.54) is 0 Å². The SMILES string of the molecule is CCCCNC(N)=NCC(C)Cn1cccn1. The lowest BCUT2D eigenvalue weighted by molar-refractivity contribution is 0.458. The third-order valence-corrected chi connectivity index (χ3v) is 2.47. The molecule has 0 saturated heterocycles. The Balaban J connectivity index is 2.21. The third-order valence-electron chi connectivity index (χ3n) is 2.47. The van der Waals surface area contributed by atoms with E-state index >= 15 is 0 Å². The highest BCUT2D eigenvalue weighted by atomic mass is 15.3. The van der Waals surface area contributed by atoms with E-state index in [1.54, 1.807) is 6.20 Å². The molecule has 0 amide bonds. The van der Waals surface area contributed by atoms with Crippen molar-refractivity contribution in [1.82, 2.24) is 15.1 Å². The zero-order valence-corrected chi connectivity index (χ0v) is 10.8. The van der Waals surface area contributed by atoms with E-state index < -0.39 is 0 Å². The smallest absolute Gasteiger partial charge is 0.188 e. The van der Waals surface area contributed by atoms with Crippen molar-refractivity contribution >= 4 is 5.96 Å². The van der Waals surface area contributed by atoms with Crippen molar-refractivity contribution in [2.45, 2.75) is 33.2 Å². The first-order chi connectivity index (χ1) is 8.22. The molecular formula is C12H23N5. The summed E-state index contributed by atoms with van der Waals surface area (Å²) in [5.74, 6) is 0.979. The molecule has 0 aliphatic carbocycles. The van der Waals surface area contributed by atoms with Gasteiger partial charge in [-0.25, -0.2) is 0 Å². The van der Waals surface area contributed by atoms with E-state index in [0.717, 1.165) is 32.5 Å². The number of hydrogen-bond donors (Lipinski definition) is 2. The van der Waals surface area contributed by atoms with Crippen LogP contribution in [0.25, 0.3) is 0 Å². The molecule has 5 heteroatoms. The summed E-state index contributed by atoms with van der Waals surface area (Å²) in [6.45, 7) is 6.80. The van der Waals surface area contributed by atoms with Crippen LogP contribution >= 0.6 is 0 Å². The van der Waals surface area contributed by atoms with Crippen LogP contribution in [0.15, 0.2) is 23.5 Å². The van der Waals surface area contributed by atoms with Gasteiger partial charge < -0.3 is 11.1 Å². The van der Waals surface area contributed by atoms with Crippen LogP contribution in [0.4, 0.5) is 0 Å². The molecule has 1 rings (SSSR count). The number of aliphatic imine (C=N–C) groups is 1. The van der Waals surface area contributed by atoms with Crippen LogP contribution in [0.3, 0.4) is 0 Å². The van der Waals surface area contributed by atoms with Crippen LogP contribution in [0.2, 0.25) is 0 Å². The number of aromatic nitrogens is 2. The minimum Gasteiger partial charge on any atom is -0.370 e. The minimum atomic E-state index is 0.432. The Morgan fingerprint density at radius 1 is 1.59 bits per heavy atom. The standard InChI is InChI=1S/C12H23N5/c1-3-4-6-14-12(13)15-9-11(2)10-17-8-5-7-16-17/h5,7-8,11H,3-4,6,9-10H2,1-2H3,(H3,13,14,15). The van der Waals surface area contributed by atoms with Gasteiger partial charge in [-0.1, -0.05) is 20.3 Å².